The summed E-state index contributed by atoms with van der Waals surface area (Å²) in [5, 5.41) is 2.72. The van der Waals surface area contributed by atoms with E-state index in [0.717, 1.165) is 16.7 Å². The SMILES string of the molecule is CCNC(=O)c1ccc(-c2cc(N)ccc2C)cn1. The van der Waals surface area contributed by atoms with Crippen molar-refractivity contribution in [2.45, 2.75) is 13.8 Å². The lowest BCUT2D eigenvalue weighted by molar-refractivity contribution is 0.0951. The molecule has 19 heavy (non-hydrogen) atoms. The second kappa shape index (κ2) is 5.52. The molecule has 0 bridgehead atoms. The summed E-state index contributed by atoms with van der Waals surface area (Å²) in [6.45, 7) is 4.49. The number of carbonyl (C=O) groups is 1. The van der Waals surface area contributed by atoms with Crippen molar-refractivity contribution in [1.82, 2.24) is 10.3 Å². The van der Waals surface area contributed by atoms with Crippen molar-refractivity contribution >= 4 is 11.6 Å². The minimum Gasteiger partial charge on any atom is -0.399 e. The summed E-state index contributed by atoms with van der Waals surface area (Å²) in [7, 11) is 0. The third-order valence-corrected chi connectivity index (χ3v) is 2.91. The number of carbonyl (C=O) groups excluding carboxylic acids is 1. The number of aromatic nitrogens is 1. The van der Waals surface area contributed by atoms with Crippen LogP contribution in [0.3, 0.4) is 0 Å². The van der Waals surface area contributed by atoms with Crippen LogP contribution < -0.4 is 11.1 Å². The molecular formula is C15H17N3O. The predicted molar refractivity (Wildman–Crippen MR) is 76.8 cm³/mol. The molecule has 0 aliphatic rings. The number of hydrogen-bond donors (Lipinski definition) is 2. The zero-order chi connectivity index (χ0) is 13.8. The maximum absolute atomic E-state index is 11.6. The molecule has 2 aromatic rings. The fraction of sp³-hybridized carbons (Fsp3) is 0.200. The van der Waals surface area contributed by atoms with Gasteiger partial charge >= 0.3 is 0 Å². The Morgan fingerprint density at radius 2 is 2.11 bits per heavy atom. The van der Waals surface area contributed by atoms with E-state index in [4.69, 9.17) is 5.73 Å². The van der Waals surface area contributed by atoms with E-state index in [-0.39, 0.29) is 5.91 Å². The summed E-state index contributed by atoms with van der Waals surface area (Å²) >= 11 is 0. The van der Waals surface area contributed by atoms with Crippen molar-refractivity contribution in [2.24, 2.45) is 0 Å². The van der Waals surface area contributed by atoms with E-state index in [1.54, 1.807) is 12.3 Å². The Kier molecular flexibility index (Phi) is 3.80. The second-order valence-electron chi connectivity index (χ2n) is 4.37. The molecule has 0 saturated carbocycles. The Labute approximate surface area is 112 Å². The van der Waals surface area contributed by atoms with Gasteiger partial charge in [0.25, 0.3) is 5.91 Å². The highest BCUT2D eigenvalue weighted by Gasteiger charge is 2.07. The number of hydrogen-bond acceptors (Lipinski definition) is 3. The van der Waals surface area contributed by atoms with E-state index in [1.165, 1.54) is 0 Å². The first-order valence-corrected chi connectivity index (χ1v) is 6.22. The van der Waals surface area contributed by atoms with E-state index < -0.39 is 0 Å². The van der Waals surface area contributed by atoms with Crippen molar-refractivity contribution in [3.8, 4) is 11.1 Å². The molecule has 0 saturated heterocycles. The Hall–Kier alpha value is -2.36. The highest BCUT2D eigenvalue weighted by Crippen LogP contribution is 2.24. The Balaban J connectivity index is 2.32. The van der Waals surface area contributed by atoms with Crippen molar-refractivity contribution in [3.63, 3.8) is 0 Å². The lowest BCUT2D eigenvalue weighted by Crippen LogP contribution is -2.23. The molecule has 1 aromatic heterocycles. The molecule has 98 valence electrons. The van der Waals surface area contributed by atoms with Crippen LogP contribution >= 0.6 is 0 Å². The van der Waals surface area contributed by atoms with Gasteiger partial charge in [0, 0.05) is 24.0 Å². The highest BCUT2D eigenvalue weighted by molar-refractivity contribution is 5.92. The molecule has 1 aromatic carbocycles. The zero-order valence-electron chi connectivity index (χ0n) is 11.1. The predicted octanol–water partition coefficient (Wildman–Crippen LogP) is 2.39. The lowest BCUT2D eigenvalue weighted by atomic mass is 10.0. The fourth-order valence-electron chi connectivity index (χ4n) is 1.89. The van der Waals surface area contributed by atoms with Gasteiger partial charge < -0.3 is 11.1 Å². The summed E-state index contributed by atoms with van der Waals surface area (Å²) < 4.78 is 0. The normalized spacial score (nSPS) is 10.2. The number of pyridine rings is 1. The number of anilines is 1. The topological polar surface area (TPSA) is 68.0 Å². The Morgan fingerprint density at radius 1 is 1.32 bits per heavy atom. The van der Waals surface area contributed by atoms with Gasteiger partial charge in [0.1, 0.15) is 5.69 Å². The van der Waals surface area contributed by atoms with Crippen LogP contribution in [0.15, 0.2) is 36.5 Å². The summed E-state index contributed by atoms with van der Waals surface area (Å²) in [6.07, 6.45) is 1.70. The van der Waals surface area contributed by atoms with Crippen LogP contribution in [0, 0.1) is 6.92 Å². The van der Waals surface area contributed by atoms with Gasteiger partial charge in [-0.2, -0.15) is 0 Å². The smallest absolute Gasteiger partial charge is 0.269 e. The second-order valence-corrected chi connectivity index (χ2v) is 4.37. The third-order valence-electron chi connectivity index (χ3n) is 2.91. The van der Waals surface area contributed by atoms with Gasteiger partial charge in [-0.1, -0.05) is 12.1 Å². The molecule has 1 amide bonds. The number of benzene rings is 1. The number of nitrogens with zero attached hydrogens (tertiary/aromatic N) is 1. The van der Waals surface area contributed by atoms with Gasteiger partial charge in [-0.15, -0.1) is 0 Å². The number of nitrogens with one attached hydrogen (secondary N) is 1. The largest absolute Gasteiger partial charge is 0.399 e. The van der Waals surface area contributed by atoms with E-state index in [1.807, 2.05) is 38.1 Å². The average Bonchev–Trinajstić information content (AvgIpc) is 2.42. The molecule has 4 nitrogen and oxygen atoms in total. The molecule has 0 radical (unpaired) electrons. The van der Waals surface area contributed by atoms with Gasteiger partial charge in [-0.05, 0) is 43.2 Å². The van der Waals surface area contributed by atoms with Gasteiger partial charge in [0.05, 0.1) is 0 Å². The molecule has 1 heterocycles. The van der Waals surface area contributed by atoms with Crippen molar-refractivity contribution < 1.29 is 4.79 Å². The monoisotopic (exact) mass is 255 g/mol. The fourth-order valence-corrected chi connectivity index (χ4v) is 1.89. The first-order valence-electron chi connectivity index (χ1n) is 6.22. The molecule has 0 atom stereocenters. The van der Waals surface area contributed by atoms with Crippen LogP contribution in [0.25, 0.3) is 11.1 Å². The first-order chi connectivity index (χ1) is 9.11. The average molecular weight is 255 g/mol. The Morgan fingerprint density at radius 3 is 2.74 bits per heavy atom. The van der Waals surface area contributed by atoms with Crippen LogP contribution in [-0.4, -0.2) is 17.4 Å². The number of amides is 1. The number of aryl methyl sites for hydroxylation is 1. The van der Waals surface area contributed by atoms with Crippen molar-refractivity contribution in [2.75, 3.05) is 12.3 Å². The minimum atomic E-state index is -0.154. The zero-order valence-corrected chi connectivity index (χ0v) is 11.1. The van der Waals surface area contributed by atoms with Crippen LogP contribution in [0.1, 0.15) is 23.0 Å². The number of nitrogen functional groups attached to an aromatic ring is 1. The molecule has 2 rings (SSSR count). The van der Waals surface area contributed by atoms with Crippen LogP contribution in [0.2, 0.25) is 0 Å². The van der Waals surface area contributed by atoms with Crippen LogP contribution in [0.5, 0.6) is 0 Å². The molecule has 3 N–H and O–H groups in total. The molecule has 0 spiro atoms. The van der Waals surface area contributed by atoms with Crippen molar-refractivity contribution in [3.05, 3.63) is 47.8 Å². The van der Waals surface area contributed by atoms with E-state index in [2.05, 4.69) is 10.3 Å². The van der Waals surface area contributed by atoms with E-state index >= 15 is 0 Å². The standard InChI is InChI=1S/C15H17N3O/c1-3-17-15(19)14-7-5-11(9-18-14)13-8-12(16)6-4-10(13)2/h4-9H,3,16H2,1-2H3,(H,17,19). The van der Waals surface area contributed by atoms with E-state index in [9.17, 15) is 4.79 Å². The number of nitrogens with two attached hydrogens (primary N) is 1. The van der Waals surface area contributed by atoms with Crippen molar-refractivity contribution in [1.29, 1.82) is 0 Å². The first kappa shape index (κ1) is 13.1. The molecule has 0 aliphatic heterocycles. The molecule has 0 unspecified atom stereocenters. The van der Waals surface area contributed by atoms with Gasteiger partial charge in [-0.3, -0.25) is 9.78 Å². The van der Waals surface area contributed by atoms with Gasteiger partial charge in [0.2, 0.25) is 0 Å². The summed E-state index contributed by atoms with van der Waals surface area (Å²) in [4.78, 5) is 15.8. The molecule has 0 aliphatic carbocycles. The molecular weight excluding hydrogens is 238 g/mol. The maximum atomic E-state index is 11.6. The van der Waals surface area contributed by atoms with Crippen LogP contribution in [-0.2, 0) is 0 Å². The van der Waals surface area contributed by atoms with Gasteiger partial charge in [0.15, 0.2) is 0 Å². The molecule has 4 heteroatoms. The summed E-state index contributed by atoms with van der Waals surface area (Å²) in [6, 6.07) is 9.37. The van der Waals surface area contributed by atoms with E-state index in [0.29, 0.717) is 17.9 Å². The summed E-state index contributed by atoms with van der Waals surface area (Å²) in [5.74, 6) is -0.154. The minimum absolute atomic E-state index is 0.154. The van der Waals surface area contributed by atoms with Gasteiger partial charge in [-0.25, -0.2) is 0 Å². The number of rotatable bonds is 3. The Bertz CT molecular complexity index is 591. The quantitative estimate of drug-likeness (QED) is 0.827. The molecule has 0 fully saturated rings. The van der Waals surface area contributed by atoms with Crippen LogP contribution in [0.4, 0.5) is 5.69 Å². The lowest BCUT2D eigenvalue weighted by Gasteiger charge is -2.08. The highest BCUT2D eigenvalue weighted by atomic mass is 16.1. The maximum Gasteiger partial charge on any atom is 0.269 e. The summed E-state index contributed by atoms with van der Waals surface area (Å²) in [5.41, 5.74) is 10.1. The third kappa shape index (κ3) is 2.91.